The summed E-state index contributed by atoms with van der Waals surface area (Å²) in [6, 6.07) is 0. The predicted molar refractivity (Wildman–Crippen MR) is 78.4 cm³/mol. The first kappa shape index (κ1) is 17.2. The molecule has 0 heterocycles. The first-order valence-corrected chi connectivity index (χ1v) is 7.31. The average molecular weight is 284 g/mol. The topological polar surface area (TPSA) is 55.8 Å². The number of carbonyl (C=O) groups is 1. The zero-order valence-corrected chi connectivity index (χ0v) is 13.4. The normalized spacial score (nSPS) is 19.6. The summed E-state index contributed by atoms with van der Waals surface area (Å²) in [5.41, 5.74) is 1.24. The van der Waals surface area contributed by atoms with Crippen LogP contribution in [0.1, 0.15) is 53.9 Å². The van der Waals surface area contributed by atoms with Crippen molar-refractivity contribution in [2.75, 3.05) is 13.2 Å². The Hall–Kier alpha value is -0.870. The molecule has 0 aromatic rings. The number of aliphatic hydroxyl groups excluding tert-OH is 1. The van der Waals surface area contributed by atoms with Crippen molar-refractivity contribution in [1.29, 1.82) is 0 Å². The number of aliphatic hydroxyl groups is 1. The Balaban J connectivity index is 2.28. The third kappa shape index (κ3) is 6.06. The van der Waals surface area contributed by atoms with E-state index in [9.17, 15) is 4.79 Å². The van der Waals surface area contributed by atoms with Gasteiger partial charge < -0.3 is 14.6 Å². The molecule has 0 bridgehead atoms. The van der Waals surface area contributed by atoms with E-state index in [1.807, 2.05) is 13.8 Å². The molecule has 1 unspecified atom stereocenters. The maximum Gasteiger partial charge on any atom is 0.334 e. The molecule has 0 aromatic heterocycles. The van der Waals surface area contributed by atoms with Crippen LogP contribution in [0, 0.1) is 5.41 Å². The van der Waals surface area contributed by atoms with Crippen LogP contribution in [-0.2, 0) is 14.3 Å². The molecule has 0 amide bonds. The number of esters is 1. The first-order valence-electron chi connectivity index (χ1n) is 7.31. The van der Waals surface area contributed by atoms with Crippen LogP contribution in [0.15, 0.2) is 11.6 Å². The molecule has 1 aliphatic rings. The van der Waals surface area contributed by atoms with Gasteiger partial charge in [0.25, 0.3) is 0 Å². The van der Waals surface area contributed by atoms with Crippen molar-refractivity contribution in [3.8, 4) is 0 Å². The van der Waals surface area contributed by atoms with E-state index in [0.29, 0.717) is 12.0 Å². The lowest BCUT2D eigenvalue weighted by atomic mass is 9.94. The molecule has 0 aliphatic heterocycles. The van der Waals surface area contributed by atoms with Crippen LogP contribution in [0.5, 0.6) is 0 Å². The molecule has 4 nitrogen and oxygen atoms in total. The molecule has 0 radical (unpaired) electrons. The van der Waals surface area contributed by atoms with Gasteiger partial charge in [0.15, 0.2) is 0 Å². The number of hydrogen-bond donors (Lipinski definition) is 1. The molecule has 4 heteroatoms. The average Bonchev–Trinajstić information content (AvgIpc) is 2.65. The maximum atomic E-state index is 11.2. The number of ether oxygens (including phenoxy) is 2. The van der Waals surface area contributed by atoms with Crippen LogP contribution < -0.4 is 0 Å². The van der Waals surface area contributed by atoms with Crippen molar-refractivity contribution in [1.82, 2.24) is 0 Å². The summed E-state index contributed by atoms with van der Waals surface area (Å²) in [6.45, 7) is 10.4. The molecule has 0 saturated heterocycles. The molecule has 0 fully saturated rings. The molecule has 1 atom stereocenters. The Morgan fingerprint density at radius 2 is 2.15 bits per heavy atom. The number of allylic oxidation sites excluding steroid dienone is 1. The van der Waals surface area contributed by atoms with E-state index >= 15 is 0 Å². The molecular weight excluding hydrogens is 256 g/mol. The van der Waals surface area contributed by atoms with Gasteiger partial charge in [0.05, 0.1) is 12.2 Å². The standard InChI is InChI=1S/C16H28O4/c1-12(17)14(18)19-11-16(4,5)20-9-7-13-6-8-15(2,3)10-13/h10,12,17H,6-9,11H2,1-5H3. The second-order valence-corrected chi connectivity index (χ2v) is 6.93. The van der Waals surface area contributed by atoms with Crippen molar-refractivity contribution < 1.29 is 19.4 Å². The Morgan fingerprint density at radius 1 is 1.50 bits per heavy atom. The van der Waals surface area contributed by atoms with Crippen molar-refractivity contribution in [3.05, 3.63) is 11.6 Å². The van der Waals surface area contributed by atoms with Crippen molar-refractivity contribution >= 4 is 5.97 Å². The van der Waals surface area contributed by atoms with E-state index in [1.165, 1.54) is 18.9 Å². The highest BCUT2D eigenvalue weighted by Gasteiger charge is 2.25. The largest absolute Gasteiger partial charge is 0.461 e. The summed E-state index contributed by atoms with van der Waals surface area (Å²) in [6.07, 6.45) is 4.54. The minimum atomic E-state index is -1.09. The second kappa shape index (κ2) is 6.72. The molecule has 0 spiro atoms. The SMILES string of the molecule is CC(O)C(=O)OCC(C)(C)OCCC1=CC(C)(C)CC1. The summed E-state index contributed by atoms with van der Waals surface area (Å²) in [7, 11) is 0. The summed E-state index contributed by atoms with van der Waals surface area (Å²) in [5, 5.41) is 9.06. The molecule has 1 aliphatic carbocycles. The Bertz CT molecular complexity index is 367. The lowest BCUT2D eigenvalue weighted by Gasteiger charge is -2.25. The van der Waals surface area contributed by atoms with Gasteiger partial charge in [0.1, 0.15) is 12.7 Å². The highest BCUT2D eigenvalue weighted by molar-refractivity contribution is 5.73. The molecule has 116 valence electrons. The van der Waals surface area contributed by atoms with Gasteiger partial charge in [-0.2, -0.15) is 0 Å². The highest BCUT2D eigenvalue weighted by Crippen LogP contribution is 2.36. The van der Waals surface area contributed by atoms with Gasteiger partial charge in [0, 0.05) is 0 Å². The summed E-state index contributed by atoms with van der Waals surface area (Å²) in [5.74, 6) is -0.609. The monoisotopic (exact) mass is 284 g/mol. The first-order chi connectivity index (χ1) is 9.11. The Kier molecular flexibility index (Phi) is 5.78. The van der Waals surface area contributed by atoms with Gasteiger partial charge in [-0.3, -0.25) is 0 Å². The van der Waals surface area contributed by atoms with Gasteiger partial charge in [0.2, 0.25) is 0 Å². The van der Waals surface area contributed by atoms with Gasteiger partial charge in [-0.25, -0.2) is 4.79 Å². The number of hydrogen-bond acceptors (Lipinski definition) is 4. The van der Waals surface area contributed by atoms with Crippen LogP contribution in [0.2, 0.25) is 0 Å². The summed E-state index contributed by atoms with van der Waals surface area (Å²) < 4.78 is 10.8. The van der Waals surface area contributed by atoms with Crippen LogP contribution in [0.3, 0.4) is 0 Å². The van der Waals surface area contributed by atoms with Crippen LogP contribution in [0.4, 0.5) is 0 Å². The third-order valence-corrected chi connectivity index (χ3v) is 3.50. The van der Waals surface area contributed by atoms with Crippen molar-refractivity contribution in [3.63, 3.8) is 0 Å². The zero-order chi connectivity index (χ0) is 15.4. The Labute approximate surface area is 122 Å². The lowest BCUT2D eigenvalue weighted by Crippen LogP contribution is -2.34. The Morgan fingerprint density at radius 3 is 2.65 bits per heavy atom. The van der Waals surface area contributed by atoms with Gasteiger partial charge in [-0.05, 0) is 45.4 Å². The molecule has 1 N–H and O–H groups in total. The molecule has 1 rings (SSSR count). The summed E-state index contributed by atoms with van der Waals surface area (Å²) >= 11 is 0. The minimum Gasteiger partial charge on any atom is -0.461 e. The van der Waals surface area contributed by atoms with Crippen LogP contribution in [-0.4, -0.2) is 36.0 Å². The smallest absolute Gasteiger partial charge is 0.334 e. The van der Waals surface area contributed by atoms with Crippen molar-refractivity contribution in [2.45, 2.75) is 65.6 Å². The fraction of sp³-hybridized carbons (Fsp3) is 0.812. The quantitative estimate of drug-likeness (QED) is 0.577. The maximum absolute atomic E-state index is 11.2. The number of rotatable bonds is 7. The van der Waals surface area contributed by atoms with Gasteiger partial charge in [-0.15, -0.1) is 0 Å². The van der Waals surface area contributed by atoms with Crippen LogP contribution >= 0.6 is 0 Å². The molecule has 0 saturated carbocycles. The summed E-state index contributed by atoms with van der Waals surface area (Å²) in [4.78, 5) is 11.2. The number of carbonyl (C=O) groups excluding carboxylic acids is 1. The fourth-order valence-corrected chi connectivity index (χ4v) is 2.24. The van der Waals surface area contributed by atoms with Gasteiger partial charge in [-0.1, -0.05) is 25.5 Å². The van der Waals surface area contributed by atoms with E-state index in [0.717, 1.165) is 12.8 Å². The van der Waals surface area contributed by atoms with E-state index in [-0.39, 0.29) is 6.61 Å². The van der Waals surface area contributed by atoms with Crippen LogP contribution in [0.25, 0.3) is 0 Å². The minimum absolute atomic E-state index is 0.154. The van der Waals surface area contributed by atoms with E-state index in [1.54, 1.807) is 0 Å². The molecule has 0 aromatic carbocycles. The van der Waals surface area contributed by atoms with Gasteiger partial charge >= 0.3 is 5.97 Å². The predicted octanol–water partition coefficient (Wildman–Crippen LogP) is 2.84. The third-order valence-electron chi connectivity index (χ3n) is 3.50. The molecule has 20 heavy (non-hydrogen) atoms. The van der Waals surface area contributed by atoms with Crippen molar-refractivity contribution in [2.24, 2.45) is 5.41 Å². The molecular formula is C16H28O4. The second-order valence-electron chi connectivity index (χ2n) is 6.93. The van der Waals surface area contributed by atoms with E-state index in [4.69, 9.17) is 14.6 Å². The van der Waals surface area contributed by atoms with E-state index < -0.39 is 17.7 Å². The zero-order valence-electron chi connectivity index (χ0n) is 13.4. The lowest BCUT2D eigenvalue weighted by molar-refractivity contribution is -0.161. The highest BCUT2D eigenvalue weighted by atomic mass is 16.6. The fourth-order valence-electron chi connectivity index (χ4n) is 2.24. The van der Waals surface area contributed by atoms with E-state index in [2.05, 4.69) is 19.9 Å².